The summed E-state index contributed by atoms with van der Waals surface area (Å²) in [5.41, 5.74) is 1.03. The van der Waals surface area contributed by atoms with Gasteiger partial charge in [0.1, 0.15) is 42.4 Å². The Morgan fingerprint density at radius 3 is 2.18 bits per heavy atom. The van der Waals surface area contributed by atoms with E-state index in [1.807, 2.05) is 0 Å². The highest BCUT2D eigenvalue weighted by molar-refractivity contribution is 7.59. The highest BCUT2D eigenvalue weighted by Crippen LogP contribution is 2.39. The van der Waals surface area contributed by atoms with Gasteiger partial charge in [0.05, 0.1) is 35.4 Å². The number of halogens is 3. The number of carbonyl (C=O) groups excluding carboxylic acids is 4. The van der Waals surface area contributed by atoms with E-state index in [-0.39, 0.29) is 42.4 Å². The number of likely N-dealkylation sites (tertiary alicyclic amines) is 1. The van der Waals surface area contributed by atoms with Crippen molar-refractivity contribution in [1.29, 1.82) is 0 Å². The Morgan fingerprint density at radius 1 is 0.982 bits per heavy atom. The van der Waals surface area contributed by atoms with Gasteiger partial charge in [0.15, 0.2) is 6.35 Å². The van der Waals surface area contributed by atoms with Crippen LogP contribution in [-0.4, -0.2) is 87.7 Å². The molecule has 3 aromatic rings. The van der Waals surface area contributed by atoms with Crippen LogP contribution in [-0.2, 0) is 46.3 Å². The highest BCUT2D eigenvalue weighted by Gasteiger charge is 2.40. The summed E-state index contributed by atoms with van der Waals surface area (Å²) in [5.74, 6) is -3.09. The van der Waals surface area contributed by atoms with Crippen LogP contribution in [0.2, 0.25) is 5.02 Å². The Hall–Kier alpha value is -4.08. The van der Waals surface area contributed by atoms with Crippen molar-refractivity contribution in [2.45, 2.75) is 111 Å². The smallest absolute Gasteiger partial charge is 0.323 e. The minimum atomic E-state index is -3.90. The highest BCUT2D eigenvalue weighted by atomic mass is 35.5. The molecule has 0 spiro atoms. The summed E-state index contributed by atoms with van der Waals surface area (Å²) in [6.07, 6.45) is -2.51. The third-order valence-corrected chi connectivity index (χ3v) is 11.0. The molecule has 1 fully saturated rings. The average Bonchev–Trinajstić information content (AvgIpc) is 3.67. The van der Waals surface area contributed by atoms with E-state index >= 15 is 0 Å². The molecule has 2 aromatic carbocycles. The van der Waals surface area contributed by atoms with Crippen LogP contribution in [0, 0.1) is 5.82 Å². The van der Waals surface area contributed by atoms with Gasteiger partial charge in [-0.05, 0) is 66.7 Å². The Balaban J connectivity index is 1.56. The number of alkyl halides is 1. The van der Waals surface area contributed by atoms with Crippen molar-refractivity contribution in [2.24, 2.45) is 0 Å². The molecule has 1 unspecified atom stereocenters. The van der Waals surface area contributed by atoms with E-state index in [1.54, 1.807) is 59.0 Å². The van der Waals surface area contributed by atoms with Crippen molar-refractivity contribution in [3.05, 3.63) is 64.6 Å². The number of amides is 2. The standard InChI is InChI=1S/C37H49ClF2N5O9P/c1-20(2)53-36(49)22(5)42-55(51,43-23(6)37(50)54-21(3)4)19-52-27-11-12-28-29(24(7)46)17-44(31(28)14-27)18-33(47)45-16-26(39)13-32(45)35(48)41-15-25-9-8-10-30(38)34(25)40/h8-12,14,17,20-24,26,32,46H,13,15-16,18-19H2,1-7H3,(H,41,48)(H2,42,43,51)/t22-,23-,24?,26+,32-/m0/s1. The van der Waals surface area contributed by atoms with Gasteiger partial charge in [0.2, 0.25) is 19.3 Å². The van der Waals surface area contributed by atoms with Crippen molar-refractivity contribution in [1.82, 2.24) is 25.0 Å². The zero-order valence-corrected chi connectivity index (χ0v) is 33.5. The number of hydrogen-bond acceptors (Lipinski definition) is 9. The number of rotatable bonds is 17. The van der Waals surface area contributed by atoms with Crippen molar-refractivity contribution in [3.8, 4) is 5.75 Å². The molecular weight excluding hydrogens is 763 g/mol. The van der Waals surface area contributed by atoms with Gasteiger partial charge in [-0.1, -0.05) is 23.7 Å². The van der Waals surface area contributed by atoms with Crippen LogP contribution in [0.5, 0.6) is 5.75 Å². The van der Waals surface area contributed by atoms with Crippen molar-refractivity contribution in [3.63, 3.8) is 0 Å². The zero-order valence-electron chi connectivity index (χ0n) is 31.8. The summed E-state index contributed by atoms with van der Waals surface area (Å²) < 4.78 is 61.4. The van der Waals surface area contributed by atoms with Gasteiger partial charge in [-0.25, -0.2) is 19.0 Å². The summed E-state index contributed by atoms with van der Waals surface area (Å²) in [4.78, 5) is 53.2. The third kappa shape index (κ3) is 11.5. The molecule has 4 N–H and O–H groups in total. The average molecular weight is 812 g/mol. The molecule has 4 rings (SSSR count). The zero-order chi connectivity index (χ0) is 40.8. The van der Waals surface area contributed by atoms with E-state index in [1.165, 1.54) is 36.6 Å². The molecule has 1 aliphatic rings. The van der Waals surface area contributed by atoms with Crippen LogP contribution in [0.25, 0.3) is 10.9 Å². The lowest BCUT2D eigenvalue weighted by molar-refractivity contribution is -0.149. The van der Waals surface area contributed by atoms with Gasteiger partial charge in [0.25, 0.3) is 0 Å². The number of aliphatic hydroxyl groups is 1. The topological polar surface area (TPSA) is 178 Å². The van der Waals surface area contributed by atoms with Crippen LogP contribution >= 0.6 is 19.0 Å². The second kappa shape index (κ2) is 18.7. The number of carbonyl (C=O) groups is 4. The maximum Gasteiger partial charge on any atom is 0.323 e. The fourth-order valence-electron chi connectivity index (χ4n) is 6.06. The van der Waals surface area contributed by atoms with Crippen LogP contribution in [0.15, 0.2) is 42.6 Å². The lowest BCUT2D eigenvalue weighted by atomic mass is 10.1. The fourth-order valence-corrected chi connectivity index (χ4v) is 8.27. The lowest BCUT2D eigenvalue weighted by Crippen LogP contribution is -2.46. The van der Waals surface area contributed by atoms with Crippen molar-refractivity contribution in [2.75, 3.05) is 12.9 Å². The molecule has 0 bridgehead atoms. The lowest BCUT2D eigenvalue weighted by Gasteiger charge is -2.27. The molecule has 0 saturated carbocycles. The summed E-state index contributed by atoms with van der Waals surface area (Å²) in [6.45, 7) is 10.3. The van der Waals surface area contributed by atoms with Crippen LogP contribution in [0.3, 0.4) is 0 Å². The number of benzene rings is 2. The Labute approximate surface area is 323 Å². The van der Waals surface area contributed by atoms with Crippen LogP contribution in [0.1, 0.15) is 72.1 Å². The molecule has 302 valence electrons. The number of fused-ring (bicyclic) bond motifs is 1. The molecule has 0 radical (unpaired) electrons. The third-order valence-electron chi connectivity index (χ3n) is 8.63. The summed E-state index contributed by atoms with van der Waals surface area (Å²) in [7, 11) is -3.90. The first kappa shape index (κ1) is 43.6. The minimum Gasteiger partial charge on any atom is -0.483 e. The number of hydrogen-bond donors (Lipinski definition) is 4. The van der Waals surface area contributed by atoms with Gasteiger partial charge in [0, 0.05) is 41.7 Å². The number of nitrogens with zero attached hydrogens (tertiary/aromatic N) is 2. The predicted octanol–water partition coefficient (Wildman–Crippen LogP) is 5.13. The summed E-state index contributed by atoms with van der Waals surface area (Å²) >= 11 is 5.85. The quantitative estimate of drug-likeness (QED) is 0.105. The second-order valence-corrected chi connectivity index (χ2v) is 16.7. The van der Waals surface area contributed by atoms with Gasteiger partial charge < -0.3 is 34.1 Å². The predicted molar refractivity (Wildman–Crippen MR) is 202 cm³/mol. The molecule has 1 aromatic heterocycles. The van der Waals surface area contributed by atoms with Crippen molar-refractivity contribution < 1.29 is 51.8 Å². The molecule has 2 amide bonds. The molecule has 2 heterocycles. The van der Waals surface area contributed by atoms with E-state index in [2.05, 4.69) is 15.5 Å². The first-order valence-corrected chi connectivity index (χ1v) is 20.2. The SMILES string of the molecule is CC(C)OC(=O)[C@H](C)NP(=O)(COc1ccc2c(C(C)O)cn(CC(=O)N3C[C@H](F)C[C@H]3C(=O)NCc3cccc(Cl)c3F)c2c1)N[C@@H](C)C(=O)OC(C)C. The number of aliphatic hydroxyl groups excluding tert-OH is 1. The second-order valence-electron chi connectivity index (χ2n) is 14.1. The number of aromatic nitrogens is 1. The van der Waals surface area contributed by atoms with Gasteiger partial charge in [-0.2, -0.15) is 0 Å². The van der Waals surface area contributed by atoms with Crippen molar-refractivity contribution >= 4 is 53.7 Å². The molecule has 1 saturated heterocycles. The molecule has 55 heavy (non-hydrogen) atoms. The van der Waals surface area contributed by atoms with Crippen LogP contribution in [0.4, 0.5) is 8.78 Å². The molecule has 18 heteroatoms. The molecule has 0 aliphatic carbocycles. The number of ether oxygens (including phenoxy) is 3. The first-order chi connectivity index (χ1) is 25.8. The summed E-state index contributed by atoms with van der Waals surface area (Å²) in [6, 6.07) is 5.83. The van der Waals surface area contributed by atoms with E-state index in [4.69, 9.17) is 25.8 Å². The maximum absolute atomic E-state index is 14.7. The Morgan fingerprint density at radius 2 is 1.60 bits per heavy atom. The van der Waals surface area contributed by atoms with Gasteiger partial charge in [-0.3, -0.25) is 23.7 Å². The molecule has 14 nitrogen and oxygen atoms in total. The summed E-state index contributed by atoms with van der Waals surface area (Å²) in [5, 5.41) is 19.0. The van der Waals surface area contributed by atoms with Gasteiger partial charge in [-0.15, -0.1) is 0 Å². The molecule has 5 atom stereocenters. The fraction of sp³-hybridized carbons (Fsp3) is 0.514. The monoisotopic (exact) mass is 811 g/mol. The van der Waals surface area contributed by atoms with E-state index < -0.39 is 86.0 Å². The Bertz CT molecular complexity index is 1890. The first-order valence-electron chi connectivity index (χ1n) is 17.9. The minimum absolute atomic E-state index is 0.115. The normalized spacial score (nSPS) is 17.7. The molecular formula is C37H49ClF2N5O9P. The number of esters is 2. The maximum atomic E-state index is 14.7. The Kier molecular flexibility index (Phi) is 14.8. The van der Waals surface area contributed by atoms with E-state index in [0.29, 0.717) is 16.5 Å². The van der Waals surface area contributed by atoms with E-state index in [0.717, 1.165) is 4.90 Å². The van der Waals surface area contributed by atoms with E-state index in [9.17, 15) is 37.6 Å². The van der Waals surface area contributed by atoms with Gasteiger partial charge >= 0.3 is 11.9 Å². The number of nitrogens with one attached hydrogen (secondary N) is 3. The largest absolute Gasteiger partial charge is 0.483 e. The van der Waals surface area contributed by atoms with Crippen LogP contribution < -0.4 is 20.2 Å². The molecule has 1 aliphatic heterocycles.